The summed E-state index contributed by atoms with van der Waals surface area (Å²) in [5, 5.41) is 0. The van der Waals surface area contributed by atoms with Crippen molar-refractivity contribution in [3.63, 3.8) is 0 Å². The van der Waals surface area contributed by atoms with Gasteiger partial charge in [0.25, 0.3) is 0 Å². The minimum Gasteiger partial charge on any atom is -0.0528 e. The summed E-state index contributed by atoms with van der Waals surface area (Å²) >= 11 is 0. The second-order valence-electron chi connectivity index (χ2n) is 5.55. The fourth-order valence-corrected chi connectivity index (χ4v) is 3.80. The Hall–Kier alpha value is 0. The van der Waals surface area contributed by atoms with Gasteiger partial charge in [-0.05, 0) is 62.2 Å². The van der Waals surface area contributed by atoms with Gasteiger partial charge in [-0.25, -0.2) is 0 Å². The van der Waals surface area contributed by atoms with Crippen LogP contribution in [0.3, 0.4) is 0 Å². The number of hydrogen-bond acceptors (Lipinski definition) is 0. The first-order valence-electron chi connectivity index (χ1n) is 5.88. The normalized spacial score (nSPS) is 39.5. The van der Waals surface area contributed by atoms with Gasteiger partial charge in [0.05, 0.1) is 0 Å². The van der Waals surface area contributed by atoms with Crippen molar-refractivity contribution in [2.45, 2.75) is 57.8 Å². The van der Waals surface area contributed by atoms with E-state index in [9.17, 15) is 0 Å². The Kier molecular flexibility index (Phi) is 1.54. The summed E-state index contributed by atoms with van der Waals surface area (Å²) in [4.78, 5) is 0. The lowest BCUT2D eigenvalue weighted by atomic mass is 9.83. The zero-order valence-electron chi connectivity index (χ0n) is 8.02. The van der Waals surface area contributed by atoms with Crippen LogP contribution in [0.4, 0.5) is 0 Å². The molecule has 0 aromatic carbocycles. The molecule has 0 amide bonds. The number of rotatable bonds is 1. The van der Waals surface area contributed by atoms with Crippen molar-refractivity contribution in [2.24, 2.45) is 17.3 Å². The van der Waals surface area contributed by atoms with Crippen molar-refractivity contribution >= 4 is 0 Å². The molecule has 0 saturated heterocycles. The molecule has 12 heavy (non-hydrogen) atoms. The van der Waals surface area contributed by atoms with Crippen LogP contribution in [-0.4, -0.2) is 0 Å². The largest absolute Gasteiger partial charge is 0.0528 e. The molecule has 0 N–H and O–H groups in total. The summed E-state index contributed by atoms with van der Waals surface area (Å²) in [7, 11) is 0. The van der Waals surface area contributed by atoms with Crippen molar-refractivity contribution in [1.29, 1.82) is 0 Å². The molecule has 0 radical (unpaired) electrons. The molecule has 0 nitrogen and oxygen atoms in total. The van der Waals surface area contributed by atoms with Gasteiger partial charge in [-0.3, -0.25) is 0 Å². The Labute approximate surface area is 75.7 Å². The smallest absolute Gasteiger partial charge is 0.0295 e. The van der Waals surface area contributed by atoms with Gasteiger partial charge >= 0.3 is 0 Å². The van der Waals surface area contributed by atoms with E-state index in [0.717, 1.165) is 5.41 Å². The van der Waals surface area contributed by atoms with Gasteiger partial charge in [-0.15, -0.1) is 0 Å². The maximum atomic E-state index is 1.62. The van der Waals surface area contributed by atoms with Crippen molar-refractivity contribution in [3.05, 3.63) is 0 Å². The molecule has 0 unspecified atom stereocenters. The van der Waals surface area contributed by atoms with Gasteiger partial charge in [-0.1, -0.05) is 12.8 Å². The molecule has 3 aliphatic carbocycles. The highest BCUT2D eigenvalue weighted by atomic mass is 14.5. The van der Waals surface area contributed by atoms with Crippen LogP contribution in [0.5, 0.6) is 0 Å². The first kappa shape index (κ1) is 7.41. The van der Waals surface area contributed by atoms with Crippen molar-refractivity contribution < 1.29 is 0 Å². The summed E-state index contributed by atoms with van der Waals surface area (Å²) < 4.78 is 0. The third kappa shape index (κ3) is 1.11. The molecule has 0 aliphatic heterocycles. The van der Waals surface area contributed by atoms with E-state index in [1.165, 1.54) is 24.7 Å². The van der Waals surface area contributed by atoms with Gasteiger partial charge < -0.3 is 0 Å². The van der Waals surface area contributed by atoms with E-state index in [1.54, 1.807) is 44.9 Å². The SMILES string of the molecule is C1CCC2(C1)CC[C@H](C1CC1)C2. The summed E-state index contributed by atoms with van der Waals surface area (Å²) in [6.45, 7) is 0. The van der Waals surface area contributed by atoms with Gasteiger partial charge in [0, 0.05) is 0 Å². The van der Waals surface area contributed by atoms with Crippen LogP contribution in [0.25, 0.3) is 0 Å². The Balaban J connectivity index is 1.68. The fourth-order valence-electron chi connectivity index (χ4n) is 3.80. The zero-order chi connectivity index (χ0) is 8.02. The van der Waals surface area contributed by atoms with Crippen molar-refractivity contribution in [1.82, 2.24) is 0 Å². The van der Waals surface area contributed by atoms with E-state index in [1.807, 2.05) is 0 Å². The Morgan fingerprint density at radius 2 is 1.50 bits per heavy atom. The standard InChI is InChI=1S/C12H20/c1-2-7-12(6-1)8-5-11(9-12)10-3-4-10/h10-11H,1-9H2/t11-/m0/s1. The molecule has 3 fully saturated rings. The second-order valence-corrected chi connectivity index (χ2v) is 5.55. The van der Waals surface area contributed by atoms with E-state index in [-0.39, 0.29) is 0 Å². The predicted molar refractivity (Wildman–Crippen MR) is 51.0 cm³/mol. The second kappa shape index (κ2) is 2.49. The Bertz CT molecular complexity index is 172. The maximum Gasteiger partial charge on any atom is -0.0295 e. The lowest BCUT2D eigenvalue weighted by Gasteiger charge is -2.22. The predicted octanol–water partition coefficient (Wildman–Crippen LogP) is 3.76. The van der Waals surface area contributed by atoms with Crippen LogP contribution < -0.4 is 0 Å². The Morgan fingerprint density at radius 1 is 0.750 bits per heavy atom. The maximum absolute atomic E-state index is 1.62. The molecule has 1 atom stereocenters. The summed E-state index contributed by atoms with van der Waals surface area (Å²) in [6, 6.07) is 0. The quantitative estimate of drug-likeness (QED) is 0.553. The molecule has 1 spiro atoms. The van der Waals surface area contributed by atoms with E-state index in [0.29, 0.717) is 0 Å². The number of hydrogen-bond donors (Lipinski definition) is 0. The average molecular weight is 164 g/mol. The molecular formula is C12H20. The molecule has 3 rings (SSSR count). The summed E-state index contributed by atoms with van der Waals surface area (Å²) in [5.74, 6) is 2.35. The third-order valence-electron chi connectivity index (χ3n) is 4.69. The fraction of sp³-hybridized carbons (Fsp3) is 1.00. The van der Waals surface area contributed by atoms with Crippen LogP contribution in [-0.2, 0) is 0 Å². The van der Waals surface area contributed by atoms with Gasteiger partial charge in [-0.2, -0.15) is 0 Å². The minimum atomic E-state index is 0.882. The molecule has 68 valence electrons. The molecule has 3 saturated carbocycles. The average Bonchev–Trinajstić information content (AvgIpc) is 2.72. The van der Waals surface area contributed by atoms with E-state index in [4.69, 9.17) is 0 Å². The lowest BCUT2D eigenvalue weighted by Crippen LogP contribution is -2.11. The van der Waals surface area contributed by atoms with Crippen LogP contribution >= 0.6 is 0 Å². The molecule has 3 aliphatic rings. The summed E-state index contributed by atoms with van der Waals surface area (Å²) in [5.41, 5.74) is 0.882. The zero-order valence-corrected chi connectivity index (χ0v) is 8.02. The van der Waals surface area contributed by atoms with Gasteiger partial charge in [0.15, 0.2) is 0 Å². The Morgan fingerprint density at radius 3 is 2.17 bits per heavy atom. The van der Waals surface area contributed by atoms with E-state index >= 15 is 0 Å². The van der Waals surface area contributed by atoms with Crippen molar-refractivity contribution in [2.75, 3.05) is 0 Å². The van der Waals surface area contributed by atoms with E-state index < -0.39 is 0 Å². The first-order valence-corrected chi connectivity index (χ1v) is 5.88. The van der Waals surface area contributed by atoms with Crippen molar-refractivity contribution in [3.8, 4) is 0 Å². The highest BCUT2D eigenvalue weighted by Crippen LogP contribution is 2.57. The first-order chi connectivity index (χ1) is 5.88. The monoisotopic (exact) mass is 164 g/mol. The van der Waals surface area contributed by atoms with Gasteiger partial charge in [0.2, 0.25) is 0 Å². The molecule has 0 aromatic heterocycles. The molecule has 0 bridgehead atoms. The van der Waals surface area contributed by atoms with Gasteiger partial charge in [0.1, 0.15) is 0 Å². The highest BCUT2D eigenvalue weighted by molar-refractivity contribution is 4.96. The topological polar surface area (TPSA) is 0 Å². The van der Waals surface area contributed by atoms with Crippen LogP contribution in [0, 0.1) is 17.3 Å². The minimum absolute atomic E-state index is 0.882. The molecule has 0 aromatic rings. The highest BCUT2D eigenvalue weighted by Gasteiger charge is 2.45. The molecule has 0 heterocycles. The summed E-state index contributed by atoms with van der Waals surface area (Å²) in [6.07, 6.45) is 14.2. The van der Waals surface area contributed by atoms with Crippen LogP contribution in [0.2, 0.25) is 0 Å². The molecule has 0 heteroatoms. The van der Waals surface area contributed by atoms with E-state index in [2.05, 4.69) is 0 Å². The lowest BCUT2D eigenvalue weighted by molar-refractivity contribution is 0.287. The molecular weight excluding hydrogens is 144 g/mol. The van der Waals surface area contributed by atoms with Crippen LogP contribution in [0.1, 0.15) is 57.8 Å². The third-order valence-corrected chi connectivity index (χ3v) is 4.69. The van der Waals surface area contributed by atoms with Crippen LogP contribution in [0.15, 0.2) is 0 Å².